The van der Waals surface area contributed by atoms with E-state index in [2.05, 4.69) is 6.58 Å². The summed E-state index contributed by atoms with van der Waals surface area (Å²) in [5.41, 5.74) is 1.90. The third-order valence-corrected chi connectivity index (χ3v) is 5.84. The SMILES string of the molecule is C=CCN(C/C(C)=C/C1CCC1=O)S(=O)(=O)c1ccc(C)cc1. The van der Waals surface area contributed by atoms with Crippen LogP contribution < -0.4 is 0 Å². The van der Waals surface area contributed by atoms with Gasteiger partial charge in [0, 0.05) is 25.4 Å². The molecule has 1 atom stereocenters. The number of carbonyl (C=O) groups excluding carboxylic acids is 1. The molecule has 1 aromatic rings. The number of carbonyl (C=O) groups is 1. The minimum absolute atomic E-state index is 0.0392. The van der Waals surface area contributed by atoms with E-state index in [9.17, 15) is 13.2 Å². The first-order valence-electron chi connectivity index (χ1n) is 7.72. The second-order valence-corrected chi connectivity index (χ2v) is 7.96. The molecule has 124 valence electrons. The summed E-state index contributed by atoms with van der Waals surface area (Å²) in [5, 5.41) is 0. The molecule has 1 aromatic carbocycles. The molecule has 0 N–H and O–H groups in total. The highest BCUT2D eigenvalue weighted by atomic mass is 32.2. The maximum atomic E-state index is 12.8. The van der Waals surface area contributed by atoms with Crippen molar-refractivity contribution in [2.24, 2.45) is 5.92 Å². The molecule has 0 amide bonds. The van der Waals surface area contributed by atoms with Crippen molar-refractivity contribution in [3.8, 4) is 0 Å². The van der Waals surface area contributed by atoms with Gasteiger partial charge in [-0.2, -0.15) is 4.31 Å². The van der Waals surface area contributed by atoms with Gasteiger partial charge in [0.05, 0.1) is 4.90 Å². The number of hydrogen-bond acceptors (Lipinski definition) is 3. The van der Waals surface area contributed by atoms with E-state index in [0.717, 1.165) is 17.6 Å². The lowest BCUT2D eigenvalue weighted by molar-refractivity contribution is -0.127. The summed E-state index contributed by atoms with van der Waals surface area (Å²) >= 11 is 0. The first kappa shape index (κ1) is 17.6. The summed E-state index contributed by atoms with van der Waals surface area (Å²) in [5.74, 6) is 0.198. The van der Waals surface area contributed by atoms with Crippen molar-refractivity contribution in [1.82, 2.24) is 4.31 Å². The van der Waals surface area contributed by atoms with Gasteiger partial charge in [-0.15, -0.1) is 6.58 Å². The zero-order chi connectivity index (χ0) is 17.0. The van der Waals surface area contributed by atoms with Crippen LogP contribution in [-0.4, -0.2) is 31.6 Å². The summed E-state index contributed by atoms with van der Waals surface area (Å²) in [6.07, 6.45) is 4.97. The standard InChI is InChI=1S/C18H23NO3S/c1-4-11-19(13-15(3)12-16-7-10-18(16)20)23(21,22)17-8-5-14(2)6-9-17/h4-6,8-9,12,16H,1,7,10-11,13H2,2-3H3/b15-12+. The molecule has 1 unspecified atom stereocenters. The molecule has 5 heteroatoms. The maximum Gasteiger partial charge on any atom is 0.243 e. The molecule has 4 nitrogen and oxygen atoms in total. The first-order chi connectivity index (χ1) is 10.8. The zero-order valence-corrected chi connectivity index (χ0v) is 14.5. The molecule has 0 radical (unpaired) electrons. The molecule has 0 aliphatic heterocycles. The molecule has 0 bridgehead atoms. The minimum Gasteiger partial charge on any atom is -0.299 e. The molecular formula is C18H23NO3S. The molecular weight excluding hydrogens is 310 g/mol. The quantitative estimate of drug-likeness (QED) is 0.721. The fourth-order valence-electron chi connectivity index (χ4n) is 2.53. The molecule has 2 rings (SSSR count). The summed E-state index contributed by atoms with van der Waals surface area (Å²) in [6, 6.07) is 6.81. The molecule has 23 heavy (non-hydrogen) atoms. The lowest BCUT2D eigenvalue weighted by Gasteiger charge is -2.24. The topological polar surface area (TPSA) is 54.5 Å². The third kappa shape index (κ3) is 4.18. The molecule has 0 saturated heterocycles. The molecule has 0 aromatic heterocycles. The van der Waals surface area contributed by atoms with Gasteiger partial charge in [0.2, 0.25) is 10.0 Å². The fourth-order valence-corrected chi connectivity index (χ4v) is 3.98. The average Bonchev–Trinajstić information content (AvgIpc) is 2.51. The Kier molecular flexibility index (Phi) is 5.55. The number of Topliss-reactive ketones (excluding diaryl/α,β-unsaturated/α-hetero) is 1. The van der Waals surface area contributed by atoms with Gasteiger partial charge in [-0.1, -0.05) is 35.4 Å². The highest BCUT2D eigenvalue weighted by Crippen LogP contribution is 2.25. The Balaban J connectivity index is 2.21. The number of aryl methyl sites for hydroxylation is 1. The Hall–Kier alpha value is -1.72. The van der Waals surface area contributed by atoms with Gasteiger partial charge in [0.25, 0.3) is 0 Å². The van der Waals surface area contributed by atoms with E-state index in [-0.39, 0.29) is 29.7 Å². The van der Waals surface area contributed by atoms with Gasteiger partial charge < -0.3 is 0 Å². The van der Waals surface area contributed by atoms with Crippen LogP contribution in [0.1, 0.15) is 25.3 Å². The second kappa shape index (κ2) is 7.23. The van der Waals surface area contributed by atoms with E-state index >= 15 is 0 Å². The molecule has 1 fully saturated rings. The van der Waals surface area contributed by atoms with Gasteiger partial charge in [0.1, 0.15) is 5.78 Å². The van der Waals surface area contributed by atoms with Crippen molar-refractivity contribution in [3.63, 3.8) is 0 Å². The monoisotopic (exact) mass is 333 g/mol. The Morgan fingerprint density at radius 1 is 1.35 bits per heavy atom. The minimum atomic E-state index is -3.58. The van der Waals surface area contributed by atoms with Crippen LogP contribution in [0.3, 0.4) is 0 Å². The fraction of sp³-hybridized carbons (Fsp3) is 0.389. The normalized spacial score (nSPS) is 18.8. The van der Waals surface area contributed by atoms with E-state index in [1.165, 1.54) is 4.31 Å². The van der Waals surface area contributed by atoms with Crippen LogP contribution in [0.5, 0.6) is 0 Å². The van der Waals surface area contributed by atoms with E-state index in [4.69, 9.17) is 0 Å². The van der Waals surface area contributed by atoms with Crippen molar-refractivity contribution in [2.75, 3.05) is 13.1 Å². The van der Waals surface area contributed by atoms with Crippen molar-refractivity contribution >= 4 is 15.8 Å². The molecule has 1 saturated carbocycles. The number of nitrogens with zero attached hydrogens (tertiary/aromatic N) is 1. The molecule has 1 aliphatic rings. The highest BCUT2D eigenvalue weighted by Gasteiger charge is 2.27. The van der Waals surface area contributed by atoms with E-state index in [1.54, 1.807) is 30.3 Å². The number of benzene rings is 1. The van der Waals surface area contributed by atoms with Crippen LogP contribution >= 0.6 is 0 Å². The lowest BCUT2D eigenvalue weighted by atomic mass is 9.82. The largest absolute Gasteiger partial charge is 0.299 e. The van der Waals surface area contributed by atoms with E-state index in [0.29, 0.717) is 6.42 Å². The van der Waals surface area contributed by atoms with Crippen LogP contribution in [0.2, 0.25) is 0 Å². The molecule has 0 spiro atoms. The number of rotatable bonds is 7. The van der Waals surface area contributed by atoms with Crippen LogP contribution in [0.4, 0.5) is 0 Å². The zero-order valence-electron chi connectivity index (χ0n) is 13.7. The van der Waals surface area contributed by atoms with Gasteiger partial charge in [-0.25, -0.2) is 8.42 Å². The number of hydrogen-bond donors (Lipinski definition) is 0. The Bertz CT molecular complexity index is 717. The number of allylic oxidation sites excluding steroid dienone is 1. The van der Waals surface area contributed by atoms with Crippen molar-refractivity contribution in [2.45, 2.75) is 31.6 Å². The molecule has 1 aliphatic carbocycles. The summed E-state index contributed by atoms with van der Waals surface area (Å²) in [4.78, 5) is 11.7. The average molecular weight is 333 g/mol. The summed E-state index contributed by atoms with van der Waals surface area (Å²) in [6.45, 7) is 7.94. The predicted octanol–water partition coefficient (Wildman–Crippen LogP) is 3.10. The second-order valence-electron chi connectivity index (χ2n) is 6.02. The van der Waals surface area contributed by atoms with Crippen molar-refractivity contribution in [1.29, 1.82) is 0 Å². The van der Waals surface area contributed by atoms with Crippen LogP contribution in [0.25, 0.3) is 0 Å². The summed E-state index contributed by atoms with van der Waals surface area (Å²) in [7, 11) is -3.58. The number of sulfonamides is 1. The Morgan fingerprint density at radius 3 is 2.48 bits per heavy atom. The van der Waals surface area contributed by atoms with Crippen LogP contribution in [0.15, 0.2) is 53.5 Å². The lowest BCUT2D eigenvalue weighted by Crippen LogP contribution is -2.33. The van der Waals surface area contributed by atoms with Crippen LogP contribution in [-0.2, 0) is 14.8 Å². The third-order valence-electron chi connectivity index (χ3n) is 4.02. The highest BCUT2D eigenvalue weighted by molar-refractivity contribution is 7.89. The van der Waals surface area contributed by atoms with E-state index in [1.807, 2.05) is 19.9 Å². The predicted molar refractivity (Wildman–Crippen MR) is 91.6 cm³/mol. The van der Waals surface area contributed by atoms with Gasteiger partial charge in [0.15, 0.2) is 0 Å². The summed E-state index contributed by atoms with van der Waals surface area (Å²) < 4.78 is 27.0. The van der Waals surface area contributed by atoms with Gasteiger partial charge in [-0.3, -0.25) is 4.79 Å². The van der Waals surface area contributed by atoms with Crippen molar-refractivity contribution in [3.05, 3.63) is 54.1 Å². The Morgan fingerprint density at radius 2 is 2.00 bits per heavy atom. The number of ketones is 1. The Labute approximate surface area is 138 Å². The molecule has 0 heterocycles. The van der Waals surface area contributed by atoms with E-state index < -0.39 is 10.0 Å². The van der Waals surface area contributed by atoms with Gasteiger partial charge in [-0.05, 0) is 32.4 Å². The van der Waals surface area contributed by atoms with Crippen LogP contribution in [0, 0.1) is 12.8 Å². The van der Waals surface area contributed by atoms with Gasteiger partial charge >= 0.3 is 0 Å². The smallest absolute Gasteiger partial charge is 0.243 e. The first-order valence-corrected chi connectivity index (χ1v) is 9.16. The van der Waals surface area contributed by atoms with Crippen molar-refractivity contribution < 1.29 is 13.2 Å². The maximum absolute atomic E-state index is 12.8.